The summed E-state index contributed by atoms with van der Waals surface area (Å²) < 4.78 is 2.34. The van der Waals surface area contributed by atoms with E-state index in [1.165, 1.54) is 25.0 Å². The molecule has 3 heteroatoms. The Balaban J connectivity index is 2.14. The van der Waals surface area contributed by atoms with Gasteiger partial charge < -0.3 is 9.88 Å². The van der Waals surface area contributed by atoms with E-state index in [-0.39, 0.29) is 5.54 Å². The normalized spacial score (nSPS) is 25.4. The summed E-state index contributed by atoms with van der Waals surface area (Å²) in [5.74, 6) is 1.69. The number of nitrogens with zero attached hydrogens (tertiary/aromatic N) is 2. The molecule has 1 saturated carbocycles. The molecule has 0 bridgehead atoms. The van der Waals surface area contributed by atoms with Crippen LogP contribution < -0.4 is 5.32 Å². The van der Waals surface area contributed by atoms with E-state index in [1.54, 1.807) is 0 Å². The van der Waals surface area contributed by atoms with E-state index in [1.807, 2.05) is 19.6 Å². The van der Waals surface area contributed by atoms with Crippen molar-refractivity contribution >= 4 is 0 Å². The Hall–Kier alpha value is -0.830. The van der Waals surface area contributed by atoms with Crippen molar-refractivity contribution < 1.29 is 0 Å². The van der Waals surface area contributed by atoms with Crippen LogP contribution >= 0.6 is 0 Å². The molecule has 1 aliphatic carbocycles. The average molecular weight is 235 g/mol. The van der Waals surface area contributed by atoms with Crippen LogP contribution in [0.3, 0.4) is 0 Å². The summed E-state index contributed by atoms with van der Waals surface area (Å²) in [6, 6.07) is 0. The second-order valence-electron chi connectivity index (χ2n) is 5.97. The molecular formula is C14H25N3. The van der Waals surface area contributed by atoms with E-state index >= 15 is 0 Å². The lowest BCUT2D eigenvalue weighted by atomic mass is 9.96. The molecule has 0 aliphatic heterocycles. The van der Waals surface area contributed by atoms with Gasteiger partial charge in [-0.2, -0.15) is 0 Å². The van der Waals surface area contributed by atoms with Gasteiger partial charge in [0.25, 0.3) is 0 Å². The predicted octanol–water partition coefficient (Wildman–Crippen LogP) is 2.77. The van der Waals surface area contributed by atoms with E-state index in [4.69, 9.17) is 0 Å². The van der Waals surface area contributed by atoms with Gasteiger partial charge in [0, 0.05) is 12.7 Å². The van der Waals surface area contributed by atoms with Crippen LogP contribution in [0.15, 0.2) is 12.5 Å². The van der Waals surface area contributed by atoms with Crippen LogP contribution in [0.25, 0.3) is 0 Å². The van der Waals surface area contributed by atoms with Crippen LogP contribution in [0.2, 0.25) is 0 Å². The maximum atomic E-state index is 4.33. The SMILES string of the molecule is CNC(C)(C)c1cncn1CC1CCCC1C. The molecule has 2 unspecified atom stereocenters. The first-order chi connectivity index (χ1) is 8.04. The molecule has 1 fully saturated rings. The minimum atomic E-state index is -0.00164. The number of hydrogen-bond acceptors (Lipinski definition) is 2. The standard InChI is InChI=1S/C14H25N3/c1-11-6-5-7-12(11)9-17-10-16-8-13(17)14(2,3)15-4/h8,10-12,15H,5-7,9H2,1-4H3. The minimum absolute atomic E-state index is 0.00164. The Bertz CT molecular complexity index is 367. The molecule has 2 atom stereocenters. The van der Waals surface area contributed by atoms with Gasteiger partial charge in [0.05, 0.1) is 17.6 Å². The first-order valence-electron chi connectivity index (χ1n) is 6.74. The zero-order valence-electron chi connectivity index (χ0n) is 11.5. The molecule has 0 spiro atoms. The molecule has 1 N–H and O–H groups in total. The van der Waals surface area contributed by atoms with Gasteiger partial charge in [-0.05, 0) is 39.2 Å². The first-order valence-corrected chi connectivity index (χ1v) is 6.74. The molecule has 96 valence electrons. The van der Waals surface area contributed by atoms with E-state index in [2.05, 4.69) is 35.6 Å². The Labute approximate surface area is 105 Å². The Morgan fingerprint density at radius 3 is 2.82 bits per heavy atom. The van der Waals surface area contributed by atoms with Crippen molar-refractivity contribution in [3.63, 3.8) is 0 Å². The van der Waals surface area contributed by atoms with Gasteiger partial charge in [-0.15, -0.1) is 0 Å². The highest BCUT2D eigenvalue weighted by Gasteiger charge is 2.27. The summed E-state index contributed by atoms with van der Waals surface area (Å²) in [5.41, 5.74) is 1.29. The number of hydrogen-bond donors (Lipinski definition) is 1. The molecule has 1 aromatic heterocycles. The van der Waals surface area contributed by atoms with Crippen LogP contribution in [0.5, 0.6) is 0 Å². The van der Waals surface area contributed by atoms with Crippen molar-refractivity contribution in [3.05, 3.63) is 18.2 Å². The summed E-state index contributed by atoms with van der Waals surface area (Å²) in [6.45, 7) is 7.93. The van der Waals surface area contributed by atoms with Gasteiger partial charge in [0.15, 0.2) is 0 Å². The highest BCUT2D eigenvalue weighted by atomic mass is 15.1. The van der Waals surface area contributed by atoms with Crippen molar-refractivity contribution in [1.82, 2.24) is 14.9 Å². The zero-order chi connectivity index (χ0) is 12.5. The summed E-state index contributed by atoms with van der Waals surface area (Å²) in [6.07, 6.45) is 8.14. The highest BCUT2D eigenvalue weighted by molar-refractivity contribution is 5.11. The predicted molar refractivity (Wildman–Crippen MR) is 70.8 cm³/mol. The largest absolute Gasteiger partial charge is 0.333 e. The number of aromatic nitrogens is 2. The van der Waals surface area contributed by atoms with Crippen molar-refractivity contribution in [2.24, 2.45) is 11.8 Å². The average Bonchev–Trinajstić information content (AvgIpc) is 2.90. The molecule has 17 heavy (non-hydrogen) atoms. The Kier molecular flexibility index (Phi) is 3.57. The third kappa shape index (κ3) is 2.54. The lowest BCUT2D eigenvalue weighted by Gasteiger charge is -2.27. The lowest BCUT2D eigenvalue weighted by molar-refractivity contribution is 0.336. The molecule has 3 nitrogen and oxygen atoms in total. The third-order valence-electron chi connectivity index (χ3n) is 4.45. The summed E-state index contributed by atoms with van der Waals surface area (Å²) >= 11 is 0. The van der Waals surface area contributed by atoms with E-state index in [9.17, 15) is 0 Å². The van der Waals surface area contributed by atoms with Crippen LogP contribution in [0.4, 0.5) is 0 Å². The molecule has 1 aromatic rings. The van der Waals surface area contributed by atoms with Crippen molar-refractivity contribution in [3.8, 4) is 0 Å². The van der Waals surface area contributed by atoms with Crippen LogP contribution in [0.1, 0.15) is 45.7 Å². The van der Waals surface area contributed by atoms with Crippen LogP contribution in [-0.4, -0.2) is 16.6 Å². The highest BCUT2D eigenvalue weighted by Crippen LogP contribution is 2.33. The van der Waals surface area contributed by atoms with Crippen molar-refractivity contribution in [1.29, 1.82) is 0 Å². The number of imidazole rings is 1. The molecule has 1 aliphatic rings. The van der Waals surface area contributed by atoms with Crippen molar-refractivity contribution in [2.75, 3.05) is 7.05 Å². The van der Waals surface area contributed by atoms with Gasteiger partial charge in [-0.3, -0.25) is 0 Å². The quantitative estimate of drug-likeness (QED) is 0.869. The minimum Gasteiger partial charge on any atom is -0.333 e. The molecule has 0 amide bonds. The number of rotatable bonds is 4. The summed E-state index contributed by atoms with van der Waals surface area (Å²) in [5, 5.41) is 3.36. The van der Waals surface area contributed by atoms with Gasteiger partial charge >= 0.3 is 0 Å². The second kappa shape index (κ2) is 4.81. The first kappa shape index (κ1) is 12.6. The molecule has 0 aromatic carbocycles. The fraction of sp³-hybridized carbons (Fsp3) is 0.786. The maximum Gasteiger partial charge on any atom is 0.0948 e. The third-order valence-corrected chi connectivity index (χ3v) is 4.45. The Morgan fingerprint density at radius 1 is 1.47 bits per heavy atom. The second-order valence-corrected chi connectivity index (χ2v) is 5.97. The van der Waals surface area contributed by atoms with Gasteiger partial charge in [0.1, 0.15) is 0 Å². The van der Waals surface area contributed by atoms with Gasteiger partial charge in [-0.1, -0.05) is 19.8 Å². The summed E-state index contributed by atoms with van der Waals surface area (Å²) in [7, 11) is 2.01. The Morgan fingerprint density at radius 2 is 2.24 bits per heavy atom. The lowest BCUT2D eigenvalue weighted by Crippen LogP contribution is -2.36. The topological polar surface area (TPSA) is 29.9 Å². The van der Waals surface area contributed by atoms with Crippen LogP contribution in [0, 0.1) is 11.8 Å². The smallest absolute Gasteiger partial charge is 0.0948 e. The molecule has 0 radical (unpaired) electrons. The van der Waals surface area contributed by atoms with Gasteiger partial charge in [-0.25, -0.2) is 4.98 Å². The molecule has 0 saturated heterocycles. The molecule has 1 heterocycles. The van der Waals surface area contributed by atoms with E-state index < -0.39 is 0 Å². The zero-order valence-corrected chi connectivity index (χ0v) is 11.5. The van der Waals surface area contributed by atoms with Gasteiger partial charge in [0.2, 0.25) is 0 Å². The van der Waals surface area contributed by atoms with E-state index in [0.29, 0.717) is 0 Å². The monoisotopic (exact) mass is 235 g/mol. The van der Waals surface area contributed by atoms with Crippen LogP contribution in [-0.2, 0) is 12.1 Å². The molecular weight excluding hydrogens is 210 g/mol. The van der Waals surface area contributed by atoms with Crippen molar-refractivity contribution in [2.45, 2.75) is 52.1 Å². The fourth-order valence-corrected chi connectivity index (χ4v) is 2.86. The molecule has 2 rings (SSSR count). The van der Waals surface area contributed by atoms with E-state index in [0.717, 1.165) is 18.4 Å². The number of nitrogens with one attached hydrogen (secondary N) is 1. The fourth-order valence-electron chi connectivity index (χ4n) is 2.86. The summed E-state index contributed by atoms with van der Waals surface area (Å²) in [4.78, 5) is 4.33. The maximum absolute atomic E-state index is 4.33.